The first kappa shape index (κ1) is 13.1. The number of aromatic nitrogens is 2. The molecule has 0 spiro atoms. The van der Waals surface area contributed by atoms with Crippen molar-refractivity contribution in [3.05, 3.63) is 12.3 Å². The summed E-state index contributed by atoms with van der Waals surface area (Å²) in [5.74, 6) is 1.75. The van der Waals surface area contributed by atoms with Crippen molar-refractivity contribution >= 4 is 11.8 Å². The summed E-state index contributed by atoms with van der Waals surface area (Å²) in [7, 11) is 3.92. The fraction of sp³-hybridized carbons (Fsp3) is 0.692. The third kappa shape index (κ3) is 2.56. The van der Waals surface area contributed by atoms with Crippen LogP contribution in [0.2, 0.25) is 0 Å². The summed E-state index contributed by atoms with van der Waals surface area (Å²) in [6, 6.07) is 2.88. The number of nitrogens with two attached hydrogens (primary N) is 1. The van der Waals surface area contributed by atoms with Gasteiger partial charge in [-0.15, -0.1) is 0 Å². The molecule has 0 amide bonds. The van der Waals surface area contributed by atoms with Crippen molar-refractivity contribution in [2.75, 3.05) is 30.4 Å². The number of hydrogen-bond acceptors (Lipinski definition) is 5. The van der Waals surface area contributed by atoms with Crippen LogP contribution < -0.4 is 15.5 Å². The average Bonchev–Trinajstić information content (AvgIpc) is 2.38. The maximum atomic E-state index is 5.90. The van der Waals surface area contributed by atoms with Crippen LogP contribution in [0.1, 0.15) is 26.2 Å². The van der Waals surface area contributed by atoms with Crippen LogP contribution in [0, 0.1) is 0 Å². The van der Waals surface area contributed by atoms with Gasteiger partial charge in [-0.3, -0.25) is 0 Å². The first-order valence-electron chi connectivity index (χ1n) is 6.62. The molecule has 2 N–H and O–H groups in total. The fourth-order valence-electron chi connectivity index (χ4n) is 2.63. The van der Waals surface area contributed by atoms with Crippen molar-refractivity contribution in [1.82, 2.24) is 9.97 Å². The molecule has 5 nitrogen and oxygen atoms in total. The number of rotatable bonds is 3. The van der Waals surface area contributed by atoms with Crippen molar-refractivity contribution in [2.45, 2.75) is 38.3 Å². The SMILES string of the molecule is CC1CCCC(CN)N1c1ccnc(N(C)C)n1. The lowest BCUT2D eigenvalue weighted by atomic mass is 9.96. The Hall–Kier alpha value is -1.36. The summed E-state index contributed by atoms with van der Waals surface area (Å²) >= 11 is 0. The van der Waals surface area contributed by atoms with E-state index in [-0.39, 0.29) is 0 Å². The standard InChI is InChI=1S/C13H23N5/c1-10-5-4-6-11(9-14)18(10)12-7-8-15-13(16-12)17(2)3/h7-8,10-11H,4-6,9,14H2,1-3H3. The van der Waals surface area contributed by atoms with Gasteiger partial charge >= 0.3 is 0 Å². The monoisotopic (exact) mass is 249 g/mol. The van der Waals surface area contributed by atoms with Gasteiger partial charge < -0.3 is 15.5 Å². The van der Waals surface area contributed by atoms with Crippen LogP contribution in [0.15, 0.2) is 12.3 Å². The molecule has 1 fully saturated rings. The molecule has 2 heterocycles. The van der Waals surface area contributed by atoms with E-state index >= 15 is 0 Å². The molecule has 0 radical (unpaired) electrons. The molecule has 2 unspecified atom stereocenters. The van der Waals surface area contributed by atoms with Crippen LogP contribution >= 0.6 is 0 Å². The van der Waals surface area contributed by atoms with E-state index in [1.807, 2.05) is 31.3 Å². The Morgan fingerprint density at radius 2 is 2.22 bits per heavy atom. The van der Waals surface area contributed by atoms with Crippen molar-refractivity contribution in [2.24, 2.45) is 5.73 Å². The van der Waals surface area contributed by atoms with Gasteiger partial charge in [0.2, 0.25) is 5.95 Å². The lowest BCUT2D eigenvalue weighted by molar-refractivity contribution is 0.397. The maximum absolute atomic E-state index is 5.90. The van der Waals surface area contributed by atoms with Gasteiger partial charge in [0.1, 0.15) is 5.82 Å². The van der Waals surface area contributed by atoms with E-state index in [0.29, 0.717) is 18.6 Å². The van der Waals surface area contributed by atoms with Gasteiger partial charge in [0.25, 0.3) is 0 Å². The van der Waals surface area contributed by atoms with Gasteiger partial charge in [-0.25, -0.2) is 4.98 Å². The van der Waals surface area contributed by atoms with E-state index in [0.717, 1.165) is 18.2 Å². The van der Waals surface area contributed by atoms with Crippen LogP contribution in [0.5, 0.6) is 0 Å². The summed E-state index contributed by atoms with van der Waals surface area (Å²) in [6.07, 6.45) is 5.44. The van der Waals surface area contributed by atoms with Crippen molar-refractivity contribution in [1.29, 1.82) is 0 Å². The van der Waals surface area contributed by atoms with Crippen LogP contribution in [-0.2, 0) is 0 Å². The smallest absolute Gasteiger partial charge is 0.226 e. The van der Waals surface area contributed by atoms with E-state index < -0.39 is 0 Å². The van der Waals surface area contributed by atoms with Gasteiger partial charge in [-0.05, 0) is 32.3 Å². The van der Waals surface area contributed by atoms with Crippen molar-refractivity contribution in [3.63, 3.8) is 0 Å². The number of piperidine rings is 1. The predicted octanol–water partition coefficient (Wildman–Crippen LogP) is 1.25. The van der Waals surface area contributed by atoms with Crippen LogP contribution in [0.4, 0.5) is 11.8 Å². The molecule has 0 aliphatic carbocycles. The van der Waals surface area contributed by atoms with E-state index in [9.17, 15) is 0 Å². The molecule has 2 atom stereocenters. The largest absolute Gasteiger partial charge is 0.349 e. The molecule has 100 valence electrons. The fourth-order valence-corrected chi connectivity index (χ4v) is 2.63. The lowest BCUT2D eigenvalue weighted by Gasteiger charge is -2.41. The summed E-state index contributed by atoms with van der Waals surface area (Å²) in [5.41, 5.74) is 5.90. The summed E-state index contributed by atoms with van der Waals surface area (Å²) in [4.78, 5) is 13.2. The predicted molar refractivity (Wildman–Crippen MR) is 75.0 cm³/mol. The molecule has 1 aliphatic rings. The Morgan fingerprint density at radius 3 is 2.89 bits per heavy atom. The molecule has 1 aromatic rings. The zero-order valence-corrected chi connectivity index (χ0v) is 11.5. The molecule has 0 aromatic carbocycles. The van der Waals surface area contributed by atoms with E-state index in [1.165, 1.54) is 12.8 Å². The second-order valence-corrected chi connectivity index (χ2v) is 5.19. The Labute approximate surface area is 109 Å². The third-order valence-electron chi connectivity index (χ3n) is 3.59. The van der Waals surface area contributed by atoms with E-state index in [1.54, 1.807) is 0 Å². The molecule has 18 heavy (non-hydrogen) atoms. The first-order chi connectivity index (χ1) is 8.63. The maximum Gasteiger partial charge on any atom is 0.226 e. The van der Waals surface area contributed by atoms with Crippen LogP contribution in [0.3, 0.4) is 0 Å². The zero-order valence-electron chi connectivity index (χ0n) is 11.5. The summed E-state index contributed by atoms with van der Waals surface area (Å²) < 4.78 is 0. The topological polar surface area (TPSA) is 58.3 Å². The molecule has 5 heteroatoms. The Morgan fingerprint density at radius 1 is 1.44 bits per heavy atom. The molecule has 0 saturated carbocycles. The Balaban J connectivity index is 2.29. The summed E-state index contributed by atoms with van der Waals surface area (Å²) in [5, 5.41) is 0. The van der Waals surface area contributed by atoms with Crippen LogP contribution in [-0.4, -0.2) is 42.7 Å². The lowest BCUT2D eigenvalue weighted by Crippen LogP contribution is -2.49. The molecule has 2 rings (SSSR count). The third-order valence-corrected chi connectivity index (χ3v) is 3.59. The Kier molecular flexibility index (Phi) is 4.01. The molecule has 0 bridgehead atoms. The minimum absolute atomic E-state index is 0.402. The second kappa shape index (κ2) is 5.52. The van der Waals surface area contributed by atoms with E-state index in [2.05, 4.69) is 21.8 Å². The average molecular weight is 249 g/mol. The van der Waals surface area contributed by atoms with E-state index in [4.69, 9.17) is 5.73 Å². The van der Waals surface area contributed by atoms with Gasteiger partial charge in [-0.1, -0.05) is 0 Å². The van der Waals surface area contributed by atoms with Crippen molar-refractivity contribution < 1.29 is 0 Å². The minimum atomic E-state index is 0.402. The second-order valence-electron chi connectivity index (χ2n) is 5.19. The highest BCUT2D eigenvalue weighted by Gasteiger charge is 2.28. The van der Waals surface area contributed by atoms with Gasteiger partial charge in [0, 0.05) is 38.9 Å². The highest BCUT2D eigenvalue weighted by atomic mass is 15.3. The van der Waals surface area contributed by atoms with Gasteiger partial charge in [0.15, 0.2) is 0 Å². The molecule has 1 aromatic heterocycles. The molecule has 1 saturated heterocycles. The van der Waals surface area contributed by atoms with Gasteiger partial charge in [0.05, 0.1) is 0 Å². The summed E-state index contributed by atoms with van der Waals surface area (Å²) in [6.45, 7) is 2.94. The normalized spacial score (nSPS) is 24.1. The highest BCUT2D eigenvalue weighted by Crippen LogP contribution is 2.27. The zero-order chi connectivity index (χ0) is 13.1. The van der Waals surface area contributed by atoms with Gasteiger partial charge in [-0.2, -0.15) is 4.98 Å². The molecule has 1 aliphatic heterocycles. The Bertz CT molecular complexity index is 393. The highest BCUT2D eigenvalue weighted by molar-refractivity contribution is 5.45. The van der Waals surface area contributed by atoms with Crippen molar-refractivity contribution in [3.8, 4) is 0 Å². The molecular weight excluding hydrogens is 226 g/mol. The minimum Gasteiger partial charge on any atom is -0.349 e. The first-order valence-corrected chi connectivity index (χ1v) is 6.62. The number of hydrogen-bond donors (Lipinski definition) is 1. The quantitative estimate of drug-likeness (QED) is 0.873. The number of nitrogens with zero attached hydrogens (tertiary/aromatic N) is 4. The van der Waals surface area contributed by atoms with Crippen LogP contribution in [0.25, 0.3) is 0 Å². The number of anilines is 2. The molecular formula is C13H23N5.